The highest BCUT2D eigenvalue weighted by Gasteiger charge is 2.10. The normalized spacial score (nSPS) is 10.8. The van der Waals surface area contributed by atoms with E-state index >= 15 is 0 Å². The van der Waals surface area contributed by atoms with Crippen LogP contribution in [0.2, 0.25) is 0 Å². The molecule has 1 aromatic carbocycles. The molecule has 3 rings (SSSR count). The highest BCUT2D eigenvalue weighted by atomic mass is 16.3. The van der Waals surface area contributed by atoms with Crippen LogP contribution >= 0.6 is 0 Å². The maximum absolute atomic E-state index is 11.3. The number of benzene rings is 1. The standard InChI is InChI=1S/C20H26N6O2/c1-21-19(28)4-3-10-25-15-18(14-23-25)26-11-9-22-20(26)16-5-7-17(8-6-16)24(2)12-13-27/h5-9,11,14-15,27H,3-4,10,12-13H2,1-2H3,(H,21,28). The second-order valence-corrected chi connectivity index (χ2v) is 6.55. The molecular formula is C20H26N6O2. The van der Waals surface area contributed by atoms with Gasteiger partial charge in [0.15, 0.2) is 0 Å². The van der Waals surface area contributed by atoms with Crippen LogP contribution in [0.4, 0.5) is 5.69 Å². The predicted octanol–water partition coefficient (Wildman–Crippen LogP) is 1.69. The van der Waals surface area contributed by atoms with Crippen molar-refractivity contribution in [2.75, 3.05) is 32.1 Å². The Bertz CT molecular complexity index is 900. The first-order chi connectivity index (χ1) is 13.6. The van der Waals surface area contributed by atoms with Crippen molar-refractivity contribution in [2.45, 2.75) is 19.4 Å². The molecule has 2 heterocycles. The third-order valence-corrected chi connectivity index (χ3v) is 4.61. The number of aliphatic hydroxyl groups is 1. The summed E-state index contributed by atoms with van der Waals surface area (Å²) >= 11 is 0. The van der Waals surface area contributed by atoms with Gasteiger partial charge in [-0.15, -0.1) is 0 Å². The van der Waals surface area contributed by atoms with E-state index in [9.17, 15) is 4.79 Å². The van der Waals surface area contributed by atoms with Gasteiger partial charge >= 0.3 is 0 Å². The highest BCUT2D eigenvalue weighted by molar-refractivity contribution is 5.75. The van der Waals surface area contributed by atoms with Gasteiger partial charge < -0.3 is 15.3 Å². The molecule has 2 aromatic heterocycles. The first-order valence-corrected chi connectivity index (χ1v) is 9.31. The SMILES string of the molecule is CNC(=O)CCCn1cc(-n2ccnc2-c2ccc(N(C)CCO)cc2)cn1. The van der Waals surface area contributed by atoms with Gasteiger partial charge in [-0.25, -0.2) is 4.98 Å². The fourth-order valence-corrected chi connectivity index (χ4v) is 3.00. The summed E-state index contributed by atoms with van der Waals surface area (Å²) in [5.41, 5.74) is 2.97. The van der Waals surface area contributed by atoms with Gasteiger partial charge in [-0.1, -0.05) is 0 Å². The third kappa shape index (κ3) is 4.58. The molecule has 0 aliphatic rings. The largest absolute Gasteiger partial charge is 0.395 e. The summed E-state index contributed by atoms with van der Waals surface area (Å²) in [6.07, 6.45) is 8.66. The Hall–Kier alpha value is -3.13. The Labute approximate surface area is 164 Å². The second-order valence-electron chi connectivity index (χ2n) is 6.55. The van der Waals surface area contributed by atoms with Gasteiger partial charge in [0.25, 0.3) is 0 Å². The Morgan fingerprint density at radius 2 is 2.07 bits per heavy atom. The quantitative estimate of drug-likeness (QED) is 0.588. The maximum atomic E-state index is 11.3. The van der Waals surface area contributed by atoms with E-state index in [4.69, 9.17) is 5.11 Å². The zero-order valence-electron chi connectivity index (χ0n) is 16.2. The number of amides is 1. The van der Waals surface area contributed by atoms with E-state index in [1.54, 1.807) is 19.4 Å². The van der Waals surface area contributed by atoms with E-state index in [-0.39, 0.29) is 12.5 Å². The number of carbonyl (C=O) groups excluding carboxylic acids is 1. The number of likely N-dealkylation sites (N-methyl/N-ethyl adjacent to an activating group) is 1. The van der Waals surface area contributed by atoms with Crippen LogP contribution < -0.4 is 10.2 Å². The van der Waals surface area contributed by atoms with Crippen molar-refractivity contribution in [1.82, 2.24) is 24.6 Å². The van der Waals surface area contributed by atoms with Gasteiger partial charge in [0.1, 0.15) is 5.82 Å². The summed E-state index contributed by atoms with van der Waals surface area (Å²) in [5.74, 6) is 0.874. The van der Waals surface area contributed by atoms with Gasteiger partial charge in [-0.3, -0.25) is 14.0 Å². The van der Waals surface area contributed by atoms with Crippen LogP contribution in [-0.4, -0.2) is 57.6 Å². The summed E-state index contributed by atoms with van der Waals surface area (Å²) < 4.78 is 3.84. The van der Waals surface area contributed by atoms with E-state index in [0.717, 1.165) is 29.2 Å². The highest BCUT2D eigenvalue weighted by Crippen LogP contribution is 2.24. The van der Waals surface area contributed by atoms with Gasteiger partial charge in [0, 0.05) is 63.4 Å². The molecule has 0 bridgehead atoms. The minimum atomic E-state index is 0.0392. The number of nitrogens with zero attached hydrogens (tertiary/aromatic N) is 5. The molecule has 3 aromatic rings. The lowest BCUT2D eigenvalue weighted by atomic mass is 10.2. The van der Waals surface area contributed by atoms with Crippen molar-refractivity contribution in [3.05, 3.63) is 49.1 Å². The van der Waals surface area contributed by atoms with Crippen LogP contribution in [0, 0.1) is 0 Å². The Morgan fingerprint density at radius 3 is 2.79 bits per heavy atom. The summed E-state index contributed by atoms with van der Waals surface area (Å²) in [6.45, 7) is 1.40. The number of hydrogen-bond donors (Lipinski definition) is 2. The first-order valence-electron chi connectivity index (χ1n) is 9.31. The van der Waals surface area contributed by atoms with E-state index in [0.29, 0.717) is 19.5 Å². The summed E-state index contributed by atoms with van der Waals surface area (Å²) in [7, 11) is 3.59. The van der Waals surface area contributed by atoms with Crippen molar-refractivity contribution in [3.63, 3.8) is 0 Å². The molecule has 0 saturated heterocycles. The van der Waals surface area contributed by atoms with Crippen molar-refractivity contribution in [2.24, 2.45) is 0 Å². The van der Waals surface area contributed by atoms with E-state index < -0.39 is 0 Å². The van der Waals surface area contributed by atoms with Crippen molar-refractivity contribution in [1.29, 1.82) is 0 Å². The molecule has 0 radical (unpaired) electrons. The number of aromatic nitrogens is 4. The molecule has 28 heavy (non-hydrogen) atoms. The number of hydrogen-bond acceptors (Lipinski definition) is 5. The van der Waals surface area contributed by atoms with Gasteiger partial charge in [0.2, 0.25) is 5.91 Å². The van der Waals surface area contributed by atoms with Gasteiger partial charge in [0.05, 0.1) is 18.5 Å². The predicted molar refractivity (Wildman–Crippen MR) is 108 cm³/mol. The molecule has 0 aliphatic carbocycles. The summed E-state index contributed by atoms with van der Waals surface area (Å²) in [5, 5.41) is 16.1. The Balaban J connectivity index is 1.73. The number of imidazole rings is 1. The summed E-state index contributed by atoms with van der Waals surface area (Å²) in [4.78, 5) is 17.8. The summed E-state index contributed by atoms with van der Waals surface area (Å²) in [6, 6.07) is 8.09. The fourth-order valence-electron chi connectivity index (χ4n) is 3.00. The zero-order chi connectivity index (χ0) is 19.9. The third-order valence-electron chi connectivity index (χ3n) is 4.61. The van der Waals surface area contributed by atoms with Crippen molar-refractivity contribution in [3.8, 4) is 17.1 Å². The fraction of sp³-hybridized carbons (Fsp3) is 0.350. The molecule has 0 fully saturated rings. The van der Waals surface area contributed by atoms with Crippen LogP contribution in [0.5, 0.6) is 0 Å². The number of aryl methyl sites for hydroxylation is 1. The first kappa shape index (κ1) is 19.6. The number of carbonyl (C=O) groups is 1. The van der Waals surface area contributed by atoms with Crippen LogP contribution in [-0.2, 0) is 11.3 Å². The molecule has 0 aliphatic heterocycles. The molecule has 8 nitrogen and oxygen atoms in total. The van der Waals surface area contributed by atoms with Crippen LogP contribution in [0.3, 0.4) is 0 Å². The van der Waals surface area contributed by atoms with Crippen molar-refractivity contribution >= 4 is 11.6 Å². The van der Waals surface area contributed by atoms with Gasteiger partial charge in [-0.05, 0) is 30.7 Å². The molecule has 2 N–H and O–H groups in total. The van der Waals surface area contributed by atoms with E-state index in [1.807, 2.05) is 57.9 Å². The van der Waals surface area contributed by atoms with Crippen molar-refractivity contribution < 1.29 is 9.90 Å². The van der Waals surface area contributed by atoms with Crippen LogP contribution in [0.25, 0.3) is 17.1 Å². The molecule has 0 unspecified atom stereocenters. The Morgan fingerprint density at radius 1 is 1.29 bits per heavy atom. The van der Waals surface area contributed by atoms with E-state index in [2.05, 4.69) is 15.4 Å². The van der Waals surface area contributed by atoms with Crippen LogP contribution in [0.1, 0.15) is 12.8 Å². The average molecular weight is 382 g/mol. The average Bonchev–Trinajstić information content (AvgIpc) is 3.37. The zero-order valence-corrected chi connectivity index (χ0v) is 16.2. The van der Waals surface area contributed by atoms with E-state index in [1.165, 1.54) is 0 Å². The molecule has 148 valence electrons. The molecule has 0 saturated carbocycles. The minimum Gasteiger partial charge on any atom is -0.395 e. The van der Waals surface area contributed by atoms with Crippen LogP contribution in [0.15, 0.2) is 49.1 Å². The van der Waals surface area contributed by atoms with Gasteiger partial charge in [-0.2, -0.15) is 5.10 Å². The molecule has 8 heteroatoms. The maximum Gasteiger partial charge on any atom is 0.219 e. The molecule has 0 spiro atoms. The topological polar surface area (TPSA) is 88.2 Å². The molecule has 1 amide bonds. The number of aliphatic hydroxyl groups excluding tert-OH is 1. The minimum absolute atomic E-state index is 0.0392. The lowest BCUT2D eigenvalue weighted by molar-refractivity contribution is -0.120. The molecular weight excluding hydrogens is 356 g/mol. The monoisotopic (exact) mass is 382 g/mol. The lowest BCUT2D eigenvalue weighted by Crippen LogP contribution is -2.20. The number of nitrogens with one attached hydrogen (secondary N) is 1. The Kier molecular flexibility index (Phi) is 6.44. The number of rotatable bonds is 9. The molecule has 0 atom stereocenters. The smallest absolute Gasteiger partial charge is 0.219 e. The second kappa shape index (κ2) is 9.18. The lowest BCUT2D eigenvalue weighted by Gasteiger charge is -2.18. The number of anilines is 1.